The molecule has 0 atom stereocenters. The van der Waals surface area contributed by atoms with Crippen molar-refractivity contribution in [3.8, 4) is 0 Å². The molecule has 0 N–H and O–H groups in total. The summed E-state index contributed by atoms with van der Waals surface area (Å²) >= 11 is 1.79. The van der Waals surface area contributed by atoms with Crippen LogP contribution < -0.4 is 0 Å². The third-order valence-corrected chi connectivity index (χ3v) is 3.61. The molecule has 0 saturated heterocycles. The Bertz CT molecular complexity index is 652. The van der Waals surface area contributed by atoms with Gasteiger partial charge in [0.25, 0.3) is 0 Å². The van der Waals surface area contributed by atoms with Crippen LogP contribution >= 0.6 is 11.3 Å². The molecule has 0 radical (unpaired) electrons. The summed E-state index contributed by atoms with van der Waals surface area (Å²) in [6.45, 7) is 4.21. The lowest BCUT2D eigenvalue weighted by Gasteiger charge is -2.04. The van der Waals surface area contributed by atoms with Crippen molar-refractivity contribution in [1.29, 1.82) is 0 Å². The number of benzene rings is 1. The van der Waals surface area contributed by atoms with Crippen LogP contribution in [0.15, 0.2) is 29.6 Å². The normalized spacial score (nSPS) is 11.3. The van der Waals surface area contributed by atoms with Crippen molar-refractivity contribution in [3.63, 3.8) is 0 Å². The molecule has 0 aliphatic carbocycles. The van der Waals surface area contributed by atoms with Crippen LogP contribution in [-0.4, -0.2) is 4.98 Å². The average Bonchev–Trinajstić information content (AvgIpc) is 2.63. The van der Waals surface area contributed by atoms with Gasteiger partial charge in [0, 0.05) is 21.2 Å². The summed E-state index contributed by atoms with van der Waals surface area (Å²) in [7, 11) is 0. The Labute approximate surface area is 92.4 Å². The third-order valence-electron chi connectivity index (χ3n) is 2.73. The Morgan fingerprint density at radius 3 is 2.87 bits per heavy atom. The Morgan fingerprint density at radius 2 is 2.00 bits per heavy atom. The van der Waals surface area contributed by atoms with Gasteiger partial charge >= 0.3 is 0 Å². The third kappa shape index (κ3) is 1.25. The van der Waals surface area contributed by atoms with Crippen molar-refractivity contribution in [1.82, 2.24) is 4.98 Å². The van der Waals surface area contributed by atoms with Gasteiger partial charge in [0.15, 0.2) is 0 Å². The molecule has 2 heteroatoms. The van der Waals surface area contributed by atoms with Gasteiger partial charge in [-0.15, -0.1) is 11.3 Å². The summed E-state index contributed by atoms with van der Waals surface area (Å²) in [6, 6.07) is 8.62. The fourth-order valence-corrected chi connectivity index (χ4v) is 2.94. The van der Waals surface area contributed by atoms with E-state index in [1.165, 1.54) is 21.0 Å². The summed E-state index contributed by atoms with van der Waals surface area (Å²) in [5.41, 5.74) is 3.52. The molecule has 3 rings (SSSR count). The van der Waals surface area contributed by atoms with Crippen molar-refractivity contribution in [2.24, 2.45) is 0 Å². The van der Waals surface area contributed by atoms with E-state index < -0.39 is 0 Å². The van der Waals surface area contributed by atoms with E-state index >= 15 is 0 Å². The highest BCUT2D eigenvalue weighted by molar-refractivity contribution is 7.17. The Morgan fingerprint density at radius 1 is 1.13 bits per heavy atom. The van der Waals surface area contributed by atoms with E-state index in [0.717, 1.165) is 11.2 Å². The highest BCUT2D eigenvalue weighted by Crippen LogP contribution is 2.30. The molecule has 0 aliphatic rings. The van der Waals surface area contributed by atoms with Gasteiger partial charge in [-0.25, -0.2) is 0 Å². The Hall–Kier alpha value is -1.41. The zero-order valence-corrected chi connectivity index (χ0v) is 9.56. The predicted octanol–water partition coefficient (Wildman–Crippen LogP) is 4.07. The predicted molar refractivity (Wildman–Crippen MR) is 66.6 cm³/mol. The van der Waals surface area contributed by atoms with Gasteiger partial charge in [-0.2, -0.15) is 0 Å². The second-order valence-electron chi connectivity index (χ2n) is 3.87. The molecular formula is C13H11NS. The van der Waals surface area contributed by atoms with Crippen LogP contribution in [0.3, 0.4) is 0 Å². The average molecular weight is 213 g/mol. The van der Waals surface area contributed by atoms with Gasteiger partial charge in [-0.3, -0.25) is 4.98 Å². The summed E-state index contributed by atoms with van der Waals surface area (Å²) in [6.07, 6.45) is 0. The van der Waals surface area contributed by atoms with Crippen molar-refractivity contribution in [2.75, 3.05) is 0 Å². The van der Waals surface area contributed by atoms with E-state index in [-0.39, 0.29) is 0 Å². The summed E-state index contributed by atoms with van der Waals surface area (Å²) < 4.78 is 1.34. The van der Waals surface area contributed by atoms with E-state index in [2.05, 4.69) is 41.6 Å². The minimum absolute atomic E-state index is 1.09. The topological polar surface area (TPSA) is 12.9 Å². The van der Waals surface area contributed by atoms with Crippen LogP contribution in [0.5, 0.6) is 0 Å². The van der Waals surface area contributed by atoms with Crippen LogP contribution in [0.25, 0.3) is 21.0 Å². The maximum Gasteiger partial charge on any atom is 0.0714 e. The first kappa shape index (κ1) is 8.86. The highest BCUT2D eigenvalue weighted by atomic mass is 32.1. The number of nitrogens with zero attached hydrogens (tertiary/aromatic N) is 1. The van der Waals surface area contributed by atoms with Gasteiger partial charge in [0.2, 0.25) is 0 Å². The van der Waals surface area contributed by atoms with E-state index in [4.69, 9.17) is 0 Å². The van der Waals surface area contributed by atoms with E-state index in [9.17, 15) is 0 Å². The molecule has 1 nitrogen and oxygen atoms in total. The quantitative estimate of drug-likeness (QED) is 0.548. The van der Waals surface area contributed by atoms with Crippen LogP contribution in [0.2, 0.25) is 0 Å². The second-order valence-corrected chi connectivity index (χ2v) is 4.82. The second kappa shape index (κ2) is 3.04. The molecule has 0 saturated carbocycles. The number of hydrogen-bond donors (Lipinski definition) is 0. The molecule has 3 aromatic rings. The highest BCUT2D eigenvalue weighted by Gasteiger charge is 2.05. The van der Waals surface area contributed by atoms with Crippen molar-refractivity contribution in [3.05, 3.63) is 40.9 Å². The first-order chi connectivity index (χ1) is 7.25. The SMILES string of the molecule is Cc1cc(C)c2c(ccc3sccc32)n1. The van der Waals surface area contributed by atoms with Gasteiger partial charge in [-0.1, -0.05) is 0 Å². The van der Waals surface area contributed by atoms with Gasteiger partial charge in [0.1, 0.15) is 0 Å². The molecule has 15 heavy (non-hydrogen) atoms. The van der Waals surface area contributed by atoms with E-state index in [0.29, 0.717) is 0 Å². The standard InChI is InChI=1S/C13H11NS/c1-8-7-9(2)14-11-3-4-12-10(13(8)11)5-6-15-12/h3-7H,1-2H3. The lowest BCUT2D eigenvalue weighted by atomic mass is 10.1. The fraction of sp³-hybridized carbons (Fsp3) is 0.154. The molecule has 1 aromatic carbocycles. The maximum absolute atomic E-state index is 4.57. The summed E-state index contributed by atoms with van der Waals surface area (Å²) in [5, 5.41) is 4.78. The molecule has 0 spiro atoms. The number of rotatable bonds is 0. The van der Waals surface area contributed by atoms with Gasteiger partial charge in [-0.05, 0) is 49.1 Å². The number of pyridine rings is 1. The van der Waals surface area contributed by atoms with Crippen molar-refractivity contribution >= 4 is 32.3 Å². The minimum atomic E-state index is 1.09. The monoisotopic (exact) mass is 213 g/mol. The lowest BCUT2D eigenvalue weighted by Crippen LogP contribution is -1.87. The van der Waals surface area contributed by atoms with Crippen molar-refractivity contribution < 1.29 is 0 Å². The number of thiophene rings is 1. The molecule has 0 bridgehead atoms. The number of aryl methyl sites for hydroxylation is 2. The van der Waals surface area contributed by atoms with Gasteiger partial charge in [0.05, 0.1) is 5.52 Å². The van der Waals surface area contributed by atoms with Crippen LogP contribution in [0, 0.1) is 13.8 Å². The molecule has 0 fully saturated rings. The van der Waals surface area contributed by atoms with Crippen molar-refractivity contribution in [2.45, 2.75) is 13.8 Å². The molecule has 2 aromatic heterocycles. The molecule has 2 heterocycles. The van der Waals surface area contributed by atoms with Crippen LogP contribution in [0.4, 0.5) is 0 Å². The largest absolute Gasteiger partial charge is 0.253 e. The maximum atomic E-state index is 4.57. The zero-order valence-electron chi connectivity index (χ0n) is 8.74. The molecule has 74 valence electrons. The van der Waals surface area contributed by atoms with E-state index in [1.807, 2.05) is 6.92 Å². The lowest BCUT2D eigenvalue weighted by molar-refractivity contribution is 1.24. The molecule has 0 amide bonds. The summed E-state index contributed by atoms with van der Waals surface area (Å²) in [5.74, 6) is 0. The first-order valence-corrected chi connectivity index (χ1v) is 5.88. The number of fused-ring (bicyclic) bond motifs is 3. The Balaban J connectivity index is 2.62. The van der Waals surface area contributed by atoms with Crippen LogP contribution in [0.1, 0.15) is 11.3 Å². The van der Waals surface area contributed by atoms with Gasteiger partial charge < -0.3 is 0 Å². The van der Waals surface area contributed by atoms with E-state index in [1.54, 1.807) is 11.3 Å². The zero-order chi connectivity index (χ0) is 10.4. The number of hydrogen-bond acceptors (Lipinski definition) is 2. The molecular weight excluding hydrogens is 202 g/mol. The minimum Gasteiger partial charge on any atom is -0.253 e. The summed E-state index contributed by atoms with van der Waals surface area (Å²) in [4.78, 5) is 4.57. The number of aromatic nitrogens is 1. The Kier molecular flexibility index (Phi) is 1.80. The molecule has 0 aliphatic heterocycles. The first-order valence-electron chi connectivity index (χ1n) is 5.00. The van der Waals surface area contributed by atoms with Crippen LogP contribution in [-0.2, 0) is 0 Å². The molecule has 0 unspecified atom stereocenters. The smallest absolute Gasteiger partial charge is 0.0714 e. The fourth-order valence-electron chi connectivity index (χ4n) is 2.15.